The quantitative estimate of drug-likeness (QED) is 0.611. The van der Waals surface area contributed by atoms with Crippen molar-refractivity contribution in [2.24, 2.45) is 4.99 Å². The number of amides is 1. The van der Waals surface area contributed by atoms with Gasteiger partial charge in [0.25, 0.3) is 0 Å². The molecular formula is C18H25F2N5O. The lowest BCUT2D eigenvalue weighted by Gasteiger charge is -2.37. The second-order valence-electron chi connectivity index (χ2n) is 6.58. The van der Waals surface area contributed by atoms with Gasteiger partial charge >= 0.3 is 0 Å². The van der Waals surface area contributed by atoms with E-state index in [1.807, 2.05) is 16.7 Å². The van der Waals surface area contributed by atoms with Crippen LogP contribution < -0.4 is 15.5 Å². The van der Waals surface area contributed by atoms with Gasteiger partial charge in [-0.15, -0.1) is 0 Å². The lowest BCUT2D eigenvalue weighted by molar-refractivity contribution is -0.119. The van der Waals surface area contributed by atoms with Crippen LogP contribution in [-0.4, -0.2) is 62.1 Å². The second-order valence-corrected chi connectivity index (χ2v) is 6.58. The fraction of sp³-hybridized carbons (Fsp3) is 0.556. The molecule has 8 heteroatoms. The van der Waals surface area contributed by atoms with E-state index in [4.69, 9.17) is 0 Å². The lowest BCUT2D eigenvalue weighted by atomic mass is 10.2. The first-order valence-electron chi connectivity index (χ1n) is 9.09. The summed E-state index contributed by atoms with van der Waals surface area (Å²) in [5.41, 5.74) is 0.287. The smallest absolute Gasteiger partial charge is 0.242 e. The van der Waals surface area contributed by atoms with Crippen LogP contribution in [-0.2, 0) is 4.79 Å². The summed E-state index contributed by atoms with van der Waals surface area (Å²) in [6.45, 7) is 5.10. The van der Waals surface area contributed by atoms with E-state index in [-0.39, 0.29) is 18.1 Å². The van der Waals surface area contributed by atoms with E-state index >= 15 is 0 Å². The number of guanidine groups is 1. The minimum atomic E-state index is -0.444. The first kappa shape index (κ1) is 18.4. The zero-order valence-corrected chi connectivity index (χ0v) is 15.0. The molecule has 6 nitrogen and oxygen atoms in total. The van der Waals surface area contributed by atoms with Gasteiger partial charge in [-0.1, -0.05) is 0 Å². The average molecular weight is 365 g/mol. The summed E-state index contributed by atoms with van der Waals surface area (Å²) in [6.07, 6.45) is 2.10. The molecule has 1 amide bonds. The van der Waals surface area contributed by atoms with Crippen molar-refractivity contribution in [2.75, 3.05) is 44.2 Å². The molecule has 0 aromatic heterocycles. The topological polar surface area (TPSA) is 60.0 Å². The lowest BCUT2D eigenvalue weighted by Crippen LogP contribution is -2.53. The highest BCUT2D eigenvalue weighted by Crippen LogP contribution is 2.22. The number of hydrogen-bond acceptors (Lipinski definition) is 3. The van der Waals surface area contributed by atoms with Crippen LogP contribution in [0.25, 0.3) is 0 Å². The van der Waals surface area contributed by atoms with Crippen molar-refractivity contribution in [1.29, 1.82) is 0 Å². The van der Waals surface area contributed by atoms with Crippen LogP contribution in [0.15, 0.2) is 23.2 Å². The van der Waals surface area contributed by atoms with Crippen LogP contribution >= 0.6 is 0 Å². The van der Waals surface area contributed by atoms with Crippen molar-refractivity contribution in [3.05, 3.63) is 29.8 Å². The number of anilines is 1. The van der Waals surface area contributed by atoms with Crippen molar-refractivity contribution in [1.82, 2.24) is 15.5 Å². The molecule has 1 heterocycles. The van der Waals surface area contributed by atoms with Gasteiger partial charge in [-0.05, 0) is 31.9 Å². The molecule has 2 N–H and O–H groups in total. The molecule has 0 unspecified atom stereocenters. The number of piperazine rings is 1. The predicted molar refractivity (Wildman–Crippen MR) is 97.3 cm³/mol. The number of carbonyl (C=O) groups excluding carboxylic acids is 1. The van der Waals surface area contributed by atoms with Gasteiger partial charge in [0.15, 0.2) is 5.96 Å². The highest BCUT2D eigenvalue weighted by atomic mass is 19.1. The zero-order chi connectivity index (χ0) is 18.5. The number of benzene rings is 1. The number of nitrogens with zero attached hydrogens (tertiary/aromatic N) is 3. The van der Waals surface area contributed by atoms with Crippen molar-refractivity contribution < 1.29 is 13.6 Å². The zero-order valence-electron chi connectivity index (χ0n) is 15.0. The molecule has 142 valence electrons. The van der Waals surface area contributed by atoms with Crippen LogP contribution in [0, 0.1) is 11.6 Å². The van der Waals surface area contributed by atoms with Crippen molar-refractivity contribution in [3.63, 3.8) is 0 Å². The molecule has 1 aromatic rings. The van der Waals surface area contributed by atoms with E-state index in [1.165, 1.54) is 6.07 Å². The van der Waals surface area contributed by atoms with Crippen molar-refractivity contribution >= 4 is 17.6 Å². The van der Waals surface area contributed by atoms with Gasteiger partial charge in [-0.2, -0.15) is 0 Å². The maximum atomic E-state index is 13.9. The minimum absolute atomic E-state index is 0.0663. The number of hydrogen-bond donors (Lipinski definition) is 2. The van der Waals surface area contributed by atoms with E-state index in [0.29, 0.717) is 44.7 Å². The van der Waals surface area contributed by atoms with Gasteiger partial charge in [-0.3, -0.25) is 4.79 Å². The van der Waals surface area contributed by atoms with Gasteiger partial charge < -0.3 is 20.4 Å². The van der Waals surface area contributed by atoms with Crippen molar-refractivity contribution in [2.45, 2.75) is 25.8 Å². The average Bonchev–Trinajstić information content (AvgIpc) is 3.45. The second kappa shape index (κ2) is 8.33. The third kappa shape index (κ3) is 4.83. The summed E-state index contributed by atoms with van der Waals surface area (Å²) in [6, 6.07) is 3.83. The molecule has 2 fully saturated rings. The molecule has 0 atom stereocenters. The van der Waals surface area contributed by atoms with Crippen LogP contribution in [0.2, 0.25) is 0 Å². The highest BCUT2D eigenvalue weighted by molar-refractivity contribution is 5.85. The van der Waals surface area contributed by atoms with Crippen LogP contribution in [0.3, 0.4) is 0 Å². The first-order valence-corrected chi connectivity index (χ1v) is 9.09. The summed E-state index contributed by atoms with van der Waals surface area (Å²) in [5.74, 6) is -0.251. The normalized spacial score (nSPS) is 18.0. The summed E-state index contributed by atoms with van der Waals surface area (Å²) in [5, 5.41) is 6.11. The van der Waals surface area contributed by atoms with Crippen molar-refractivity contribution in [3.8, 4) is 0 Å². The van der Waals surface area contributed by atoms with E-state index in [9.17, 15) is 13.6 Å². The Bertz CT molecular complexity index is 670. The molecule has 1 aromatic carbocycles. The van der Waals surface area contributed by atoms with E-state index in [1.54, 1.807) is 0 Å². The van der Waals surface area contributed by atoms with Gasteiger partial charge in [0, 0.05) is 44.8 Å². The molecule has 0 spiro atoms. The van der Waals surface area contributed by atoms with Gasteiger partial charge in [0.1, 0.15) is 18.2 Å². The number of nitrogens with one attached hydrogen (secondary N) is 2. The fourth-order valence-electron chi connectivity index (χ4n) is 2.96. The Balaban J connectivity index is 1.58. The Labute approximate surface area is 152 Å². The molecular weight excluding hydrogens is 340 g/mol. The molecule has 0 bridgehead atoms. The summed E-state index contributed by atoms with van der Waals surface area (Å²) >= 11 is 0. The summed E-state index contributed by atoms with van der Waals surface area (Å²) in [4.78, 5) is 20.1. The maximum Gasteiger partial charge on any atom is 0.242 e. The van der Waals surface area contributed by atoms with E-state index in [0.717, 1.165) is 25.0 Å². The standard InChI is InChI=1S/C18H25F2N5O/c1-2-21-18(22-12-17(26)23-14-4-5-14)25-9-7-24(8-10-25)16-11-13(19)3-6-15(16)20/h3,6,11,14H,2,4-5,7-10,12H2,1H3,(H,21,22)(H,23,26). The Hall–Kier alpha value is -2.38. The Kier molecular flexibility index (Phi) is 5.90. The third-order valence-corrected chi connectivity index (χ3v) is 4.48. The highest BCUT2D eigenvalue weighted by Gasteiger charge is 2.24. The number of rotatable bonds is 5. The summed E-state index contributed by atoms with van der Waals surface area (Å²) < 4.78 is 27.4. The van der Waals surface area contributed by atoms with E-state index in [2.05, 4.69) is 15.6 Å². The first-order chi connectivity index (χ1) is 12.6. The SMILES string of the molecule is CCNC(=NCC(=O)NC1CC1)N1CCN(c2cc(F)ccc2F)CC1. The van der Waals surface area contributed by atoms with Gasteiger partial charge in [-0.25, -0.2) is 13.8 Å². The van der Waals surface area contributed by atoms with Crippen LogP contribution in [0.1, 0.15) is 19.8 Å². The molecule has 2 aliphatic rings. The molecule has 26 heavy (non-hydrogen) atoms. The maximum absolute atomic E-state index is 13.9. The molecule has 1 saturated heterocycles. The molecule has 1 saturated carbocycles. The molecule has 0 radical (unpaired) electrons. The monoisotopic (exact) mass is 365 g/mol. The molecule has 1 aliphatic heterocycles. The minimum Gasteiger partial charge on any atom is -0.366 e. The number of halogens is 2. The van der Waals surface area contributed by atoms with Crippen LogP contribution in [0.4, 0.5) is 14.5 Å². The predicted octanol–water partition coefficient (Wildman–Crippen LogP) is 1.33. The molecule has 3 rings (SSSR count). The van der Waals surface area contributed by atoms with Gasteiger partial charge in [0.2, 0.25) is 5.91 Å². The fourth-order valence-corrected chi connectivity index (χ4v) is 2.96. The van der Waals surface area contributed by atoms with Gasteiger partial charge in [0.05, 0.1) is 5.69 Å². The van der Waals surface area contributed by atoms with Crippen LogP contribution in [0.5, 0.6) is 0 Å². The Morgan fingerprint density at radius 1 is 1.23 bits per heavy atom. The molecule has 1 aliphatic carbocycles. The largest absolute Gasteiger partial charge is 0.366 e. The number of carbonyl (C=O) groups is 1. The Morgan fingerprint density at radius 3 is 2.62 bits per heavy atom. The number of aliphatic imine (C=N–C) groups is 1. The van der Waals surface area contributed by atoms with E-state index < -0.39 is 11.6 Å². The third-order valence-electron chi connectivity index (χ3n) is 4.48. The Morgan fingerprint density at radius 2 is 1.96 bits per heavy atom. The summed E-state index contributed by atoms with van der Waals surface area (Å²) in [7, 11) is 0.